The van der Waals surface area contributed by atoms with Crippen LogP contribution in [0.15, 0.2) is 16.9 Å². The molecule has 0 unspecified atom stereocenters. The van der Waals surface area contributed by atoms with Crippen molar-refractivity contribution in [3.8, 4) is 5.75 Å². The van der Waals surface area contributed by atoms with Crippen molar-refractivity contribution in [1.82, 2.24) is 4.98 Å². The van der Waals surface area contributed by atoms with Crippen molar-refractivity contribution in [2.45, 2.75) is 13.3 Å². The van der Waals surface area contributed by atoms with Gasteiger partial charge in [0.15, 0.2) is 0 Å². The fourth-order valence-corrected chi connectivity index (χ4v) is 1.52. The molecule has 1 aromatic heterocycles. The van der Waals surface area contributed by atoms with Crippen molar-refractivity contribution >= 4 is 21.9 Å². The number of aromatic nitrogens is 1. The zero-order valence-corrected chi connectivity index (χ0v) is 10.2. The Morgan fingerprint density at radius 3 is 2.93 bits per heavy atom. The van der Waals surface area contributed by atoms with Crippen molar-refractivity contribution < 1.29 is 14.3 Å². The second-order valence-corrected chi connectivity index (χ2v) is 3.61. The van der Waals surface area contributed by atoms with E-state index < -0.39 is 0 Å². The first kappa shape index (κ1) is 12.0. The lowest BCUT2D eigenvalue weighted by Gasteiger charge is -2.07. The number of ether oxygens (including phenoxy) is 2. The van der Waals surface area contributed by atoms with Crippen LogP contribution in [0.5, 0.6) is 5.75 Å². The third kappa shape index (κ3) is 3.51. The summed E-state index contributed by atoms with van der Waals surface area (Å²) in [5.74, 6) is 0.320. The van der Waals surface area contributed by atoms with Gasteiger partial charge in [-0.2, -0.15) is 0 Å². The number of carbonyl (C=O) groups excluding carboxylic acids is 1. The van der Waals surface area contributed by atoms with Crippen LogP contribution >= 0.6 is 15.9 Å². The van der Waals surface area contributed by atoms with Crippen LogP contribution in [-0.4, -0.2) is 24.7 Å². The number of esters is 1. The molecule has 82 valence electrons. The first-order valence-corrected chi connectivity index (χ1v) is 5.30. The number of nitrogens with zero attached hydrogens (tertiary/aromatic N) is 1. The number of pyridine rings is 1. The van der Waals surface area contributed by atoms with Crippen LogP contribution in [0, 0.1) is 0 Å². The molecule has 1 heterocycles. The molecule has 1 rings (SSSR count). The van der Waals surface area contributed by atoms with Gasteiger partial charge in [-0.05, 0) is 28.9 Å². The maximum absolute atomic E-state index is 11.3. The van der Waals surface area contributed by atoms with Crippen LogP contribution in [0.25, 0.3) is 0 Å². The van der Waals surface area contributed by atoms with E-state index in [1.54, 1.807) is 26.3 Å². The van der Waals surface area contributed by atoms with E-state index in [9.17, 15) is 4.79 Å². The Kier molecular flexibility index (Phi) is 4.55. The fourth-order valence-electron chi connectivity index (χ4n) is 1.14. The largest absolute Gasteiger partial charge is 0.495 e. The zero-order valence-electron chi connectivity index (χ0n) is 8.62. The van der Waals surface area contributed by atoms with Crippen molar-refractivity contribution in [2.24, 2.45) is 0 Å². The molecule has 0 saturated heterocycles. The molecule has 0 aliphatic heterocycles. The summed E-state index contributed by atoms with van der Waals surface area (Å²) >= 11 is 3.24. The summed E-state index contributed by atoms with van der Waals surface area (Å²) in [4.78, 5) is 15.3. The highest BCUT2D eigenvalue weighted by Crippen LogP contribution is 2.21. The standard InChI is InChI=1S/C10H12BrNO3/c1-3-15-10(13)5-7-4-9(11)12-6-8(7)14-2/h4,6H,3,5H2,1-2H3. The van der Waals surface area contributed by atoms with E-state index >= 15 is 0 Å². The van der Waals surface area contributed by atoms with E-state index in [4.69, 9.17) is 9.47 Å². The average molecular weight is 274 g/mol. The second-order valence-electron chi connectivity index (χ2n) is 2.80. The molecular weight excluding hydrogens is 262 g/mol. The molecule has 0 atom stereocenters. The zero-order chi connectivity index (χ0) is 11.3. The average Bonchev–Trinajstić information content (AvgIpc) is 2.18. The minimum atomic E-state index is -0.270. The quantitative estimate of drug-likeness (QED) is 0.622. The summed E-state index contributed by atoms with van der Waals surface area (Å²) in [6.45, 7) is 2.16. The molecule has 0 aliphatic carbocycles. The van der Waals surface area contributed by atoms with Gasteiger partial charge in [-0.25, -0.2) is 4.98 Å². The summed E-state index contributed by atoms with van der Waals surface area (Å²) in [5.41, 5.74) is 0.762. The maximum Gasteiger partial charge on any atom is 0.310 e. The Labute approximate surface area is 96.7 Å². The Bertz CT molecular complexity index is 355. The van der Waals surface area contributed by atoms with Crippen LogP contribution in [0.2, 0.25) is 0 Å². The molecule has 0 fully saturated rings. The van der Waals surface area contributed by atoms with Gasteiger partial charge in [0, 0.05) is 5.56 Å². The highest BCUT2D eigenvalue weighted by Gasteiger charge is 2.10. The van der Waals surface area contributed by atoms with Crippen LogP contribution in [-0.2, 0) is 16.0 Å². The monoisotopic (exact) mass is 273 g/mol. The molecule has 0 N–H and O–H groups in total. The Balaban J connectivity index is 2.82. The summed E-state index contributed by atoms with van der Waals surface area (Å²) in [5, 5.41) is 0. The van der Waals surface area contributed by atoms with Gasteiger partial charge in [0.25, 0.3) is 0 Å². The number of hydrogen-bond donors (Lipinski definition) is 0. The molecule has 0 spiro atoms. The number of carbonyl (C=O) groups is 1. The predicted molar refractivity (Wildman–Crippen MR) is 58.8 cm³/mol. The van der Waals surface area contributed by atoms with Crippen molar-refractivity contribution in [3.05, 3.63) is 22.4 Å². The van der Waals surface area contributed by atoms with Gasteiger partial charge in [0.05, 0.1) is 26.3 Å². The highest BCUT2D eigenvalue weighted by atomic mass is 79.9. The van der Waals surface area contributed by atoms with Crippen molar-refractivity contribution in [1.29, 1.82) is 0 Å². The summed E-state index contributed by atoms with van der Waals surface area (Å²) in [7, 11) is 1.54. The first-order valence-electron chi connectivity index (χ1n) is 4.51. The molecule has 5 heteroatoms. The van der Waals surface area contributed by atoms with Gasteiger partial charge in [0.2, 0.25) is 0 Å². The van der Waals surface area contributed by atoms with E-state index in [2.05, 4.69) is 20.9 Å². The van der Waals surface area contributed by atoms with Gasteiger partial charge < -0.3 is 9.47 Å². The normalized spacial score (nSPS) is 9.80. The van der Waals surface area contributed by atoms with Crippen LogP contribution in [0.1, 0.15) is 12.5 Å². The number of hydrogen-bond acceptors (Lipinski definition) is 4. The topological polar surface area (TPSA) is 48.4 Å². The van der Waals surface area contributed by atoms with Crippen molar-refractivity contribution in [2.75, 3.05) is 13.7 Å². The van der Waals surface area contributed by atoms with Crippen LogP contribution in [0.3, 0.4) is 0 Å². The fraction of sp³-hybridized carbons (Fsp3) is 0.400. The third-order valence-electron chi connectivity index (χ3n) is 1.77. The van der Waals surface area contributed by atoms with Crippen LogP contribution in [0.4, 0.5) is 0 Å². The first-order chi connectivity index (χ1) is 7.17. The summed E-state index contributed by atoms with van der Waals surface area (Å²) < 4.78 is 10.6. The third-order valence-corrected chi connectivity index (χ3v) is 2.21. The number of rotatable bonds is 4. The highest BCUT2D eigenvalue weighted by molar-refractivity contribution is 9.10. The Morgan fingerprint density at radius 1 is 1.60 bits per heavy atom. The van der Waals surface area contributed by atoms with Gasteiger partial charge in [-0.15, -0.1) is 0 Å². The van der Waals surface area contributed by atoms with Gasteiger partial charge in [0.1, 0.15) is 10.4 Å². The number of halogens is 1. The lowest BCUT2D eigenvalue weighted by Crippen LogP contribution is -2.08. The van der Waals surface area contributed by atoms with Gasteiger partial charge in [-0.3, -0.25) is 4.79 Å². The molecular formula is C10H12BrNO3. The maximum atomic E-state index is 11.3. The lowest BCUT2D eigenvalue weighted by atomic mass is 10.2. The van der Waals surface area contributed by atoms with Crippen LogP contribution < -0.4 is 4.74 Å². The molecule has 4 nitrogen and oxygen atoms in total. The smallest absolute Gasteiger partial charge is 0.310 e. The molecule has 0 aliphatic rings. The molecule has 0 saturated carbocycles. The van der Waals surface area contributed by atoms with Gasteiger partial charge >= 0.3 is 5.97 Å². The lowest BCUT2D eigenvalue weighted by molar-refractivity contribution is -0.142. The van der Waals surface area contributed by atoms with E-state index in [-0.39, 0.29) is 12.4 Å². The summed E-state index contributed by atoms with van der Waals surface area (Å²) in [6.07, 6.45) is 1.76. The molecule has 0 radical (unpaired) electrons. The SMILES string of the molecule is CCOC(=O)Cc1cc(Br)ncc1OC. The van der Waals surface area contributed by atoms with E-state index in [1.807, 2.05) is 0 Å². The molecule has 15 heavy (non-hydrogen) atoms. The minimum Gasteiger partial charge on any atom is -0.495 e. The Morgan fingerprint density at radius 2 is 2.33 bits per heavy atom. The van der Waals surface area contributed by atoms with E-state index in [1.165, 1.54) is 0 Å². The minimum absolute atomic E-state index is 0.193. The number of methoxy groups -OCH3 is 1. The second kappa shape index (κ2) is 5.70. The molecule has 0 aromatic carbocycles. The van der Waals surface area contributed by atoms with E-state index in [0.717, 1.165) is 5.56 Å². The molecule has 0 amide bonds. The predicted octanol–water partition coefficient (Wildman–Crippen LogP) is 1.96. The van der Waals surface area contributed by atoms with E-state index in [0.29, 0.717) is 17.0 Å². The molecule has 1 aromatic rings. The van der Waals surface area contributed by atoms with Gasteiger partial charge in [-0.1, -0.05) is 0 Å². The summed E-state index contributed by atoms with van der Waals surface area (Å²) in [6, 6.07) is 1.75. The Hall–Kier alpha value is -1.10. The van der Waals surface area contributed by atoms with Crippen molar-refractivity contribution in [3.63, 3.8) is 0 Å². The molecule has 0 bridgehead atoms.